The number of hydrogen-bond donors (Lipinski definition) is 0. The number of fused-ring (bicyclic) bond motifs is 1. The predicted molar refractivity (Wildman–Crippen MR) is 130 cm³/mol. The standard InChI is InChI=1S/C24H26ClN7O2/c1-24(2,3)15-32-26-14-18(29-32)16-4-6-17(7-5-16)22(33)30-10-12-31(13-11-30)23-28-21-19(34-23)8-9-20(25)27-21/h4-9,14H,10-13,15H2,1-3H3. The van der Waals surface area contributed by atoms with Crippen molar-refractivity contribution in [3.63, 3.8) is 0 Å². The smallest absolute Gasteiger partial charge is 0.300 e. The van der Waals surface area contributed by atoms with Gasteiger partial charge in [0.15, 0.2) is 5.58 Å². The first kappa shape index (κ1) is 22.3. The fourth-order valence-electron chi connectivity index (χ4n) is 3.92. The van der Waals surface area contributed by atoms with Gasteiger partial charge in [0.2, 0.25) is 5.65 Å². The minimum absolute atomic E-state index is 0.00796. The van der Waals surface area contributed by atoms with E-state index >= 15 is 0 Å². The van der Waals surface area contributed by atoms with Crippen molar-refractivity contribution in [2.24, 2.45) is 5.41 Å². The zero-order valence-electron chi connectivity index (χ0n) is 19.4. The van der Waals surface area contributed by atoms with E-state index in [2.05, 4.69) is 40.9 Å². The third-order valence-corrected chi connectivity index (χ3v) is 5.84. The summed E-state index contributed by atoms with van der Waals surface area (Å²) in [6.07, 6.45) is 1.76. The minimum atomic E-state index is 0.00796. The van der Waals surface area contributed by atoms with Gasteiger partial charge in [-0.1, -0.05) is 44.5 Å². The Balaban J connectivity index is 1.21. The molecule has 10 heteroatoms. The van der Waals surface area contributed by atoms with Crippen LogP contribution in [0.5, 0.6) is 0 Å². The highest BCUT2D eigenvalue weighted by Crippen LogP contribution is 2.24. The number of rotatable bonds is 4. The third-order valence-electron chi connectivity index (χ3n) is 5.63. The quantitative estimate of drug-likeness (QED) is 0.406. The Hall–Kier alpha value is -3.46. The molecule has 4 aromatic rings. The average molecular weight is 480 g/mol. The molecule has 1 aliphatic heterocycles. The molecule has 0 N–H and O–H groups in total. The number of piperazine rings is 1. The van der Waals surface area contributed by atoms with E-state index < -0.39 is 0 Å². The maximum atomic E-state index is 13.0. The van der Waals surface area contributed by atoms with Crippen molar-refractivity contribution < 1.29 is 9.21 Å². The van der Waals surface area contributed by atoms with E-state index in [1.807, 2.05) is 34.1 Å². The van der Waals surface area contributed by atoms with Gasteiger partial charge in [0.1, 0.15) is 10.8 Å². The molecule has 0 radical (unpaired) electrons. The number of carbonyl (C=O) groups is 1. The third kappa shape index (κ3) is 4.75. The maximum Gasteiger partial charge on any atom is 0.300 e. The summed E-state index contributed by atoms with van der Waals surface area (Å²) in [5.74, 6) is 0.00796. The summed E-state index contributed by atoms with van der Waals surface area (Å²) in [6, 6.07) is 11.5. The van der Waals surface area contributed by atoms with E-state index in [4.69, 9.17) is 16.0 Å². The maximum absolute atomic E-state index is 13.0. The summed E-state index contributed by atoms with van der Waals surface area (Å²) >= 11 is 5.94. The first-order valence-electron chi connectivity index (χ1n) is 11.2. The summed E-state index contributed by atoms with van der Waals surface area (Å²) in [7, 11) is 0. The molecular weight excluding hydrogens is 454 g/mol. The van der Waals surface area contributed by atoms with Crippen LogP contribution in [0.25, 0.3) is 22.5 Å². The van der Waals surface area contributed by atoms with Gasteiger partial charge in [-0.25, -0.2) is 4.98 Å². The fourth-order valence-corrected chi connectivity index (χ4v) is 4.06. The number of nitrogens with zero attached hydrogens (tertiary/aromatic N) is 7. The highest BCUT2D eigenvalue weighted by Gasteiger charge is 2.25. The normalized spacial score (nSPS) is 14.7. The molecule has 3 aromatic heterocycles. The van der Waals surface area contributed by atoms with Crippen LogP contribution in [-0.2, 0) is 6.54 Å². The van der Waals surface area contributed by atoms with Gasteiger partial charge in [0.05, 0.1) is 12.7 Å². The number of hydrogen-bond acceptors (Lipinski definition) is 7. The lowest BCUT2D eigenvalue weighted by Crippen LogP contribution is -2.48. The minimum Gasteiger partial charge on any atom is -0.422 e. The Bertz CT molecular complexity index is 1320. The number of benzene rings is 1. The van der Waals surface area contributed by atoms with Crippen LogP contribution in [0.4, 0.5) is 6.01 Å². The van der Waals surface area contributed by atoms with Crippen molar-refractivity contribution in [1.29, 1.82) is 0 Å². The van der Waals surface area contributed by atoms with Gasteiger partial charge in [0, 0.05) is 37.3 Å². The molecule has 1 saturated heterocycles. The lowest BCUT2D eigenvalue weighted by atomic mass is 9.97. The van der Waals surface area contributed by atoms with Crippen molar-refractivity contribution in [1.82, 2.24) is 29.9 Å². The van der Waals surface area contributed by atoms with Crippen molar-refractivity contribution in [2.75, 3.05) is 31.1 Å². The van der Waals surface area contributed by atoms with Gasteiger partial charge >= 0.3 is 0 Å². The number of halogens is 1. The van der Waals surface area contributed by atoms with Crippen LogP contribution in [-0.4, -0.2) is 61.9 Å². The van der Waals surface area contributed by atoms with Gasteiger partial charge in [0.25, 0.3) is 11.9 Å². The van der Waals surface area contributed by atoms with Crippen molar-refractivity contribution in [3.05, 3.63) is 53.3 Å². The van der Waals surface area contributed by atoms with Gasteiger partial charge in [-0.15, -0.1) is 0 Å². The van der Waals surface area contributed by atoms with Gasteiger partial charge in [-0.05, 0) is 29.7 Å². The van der Waals surface area contributed by atoms with Gasteiger partial charge < -0.3 is 14.2 Å². The number of oxazole rings is 1. The molecule has 9 nitrogen and oxygen atoms in total. The second kappa shape index (κ2) is 8.72. The van der Waals surface area contributed by atoms with Crippen LogP contribution in [0.2, 0.25) is 5.15 Å². The number of pyridine rings is 1. The molecule has 4 heterocycles. The summed E-state index contributed by atoms with van der Waals surface area (Å²) in [5, 5.41) is 9.31. The molecule has 0 bridgehead atoms. The zero-order chi connectivity index (χ0) is 23.9. The Labute approximate surface area is 202 Å². The summed E-state index contributed by atoms with van der Waals surface area (Å²) in [5.41, 5.74) is 3.56. The molecule has 0 spiro atoms. The molecule has 0 aliphatic carbocycles. The Morgan fingerprint density at radius 2 is 1.76 bits per heavy atom. The number of carbonyl (C=O) groups excluding carboxylic acids is 1. The van der Waals surface area contributed by atoms with Crippen molar-refractivity contribution in [2.45, 2.75) is 27.3 Å². The van der Waals surface area contributed by atoms with E-state index in [-0.39, 0.29) is 11.3 Å². The molecule has 1 aliphatic rings. The van der Waals surface area contributed by atoms with Gasteiger partial charge in [-0.2, -0.15) is 20.0 Å². The van der Waals surface area contributed by atoms with E-state index in [0.29, 0.717) is 54.1 Å². The summed E-state index contributed by atoms with van der Waals surface area (Å²) in [4.78, 5) is 27.2. The van der Waals surface area contributed by atoms with Crippen LogP contribution < -0.4 is 4.90 Å². The Kier molecular flexibility index (Phi) is 5.73. The summed E-state index contributed by atoms with van der Waals surface area (Å²) in [6.45, 7) is 9.60. The fraction of sp³-hybridized carbons (Fsp3) is 0.375. The number of aromatic nitrogens is 5. The topological polar surface area (TPSA) is 93.2 Å². The highest BCUT2D eigenvalue weighted by molar-refractivity contribution is 6.29. The van der Waals surface area contributed by atoms with E-state index in [1.165, 1.54) is 0 Å². The lowest BCUT2D eigenvalue weighted by molar-refractivity contribution is 0.0745. The van der Waals surface area contributed by atoms with Crippen LogP contribution in [0.1, 0.15) is 31.1 Å². The van der Waals surface area contributed by atoms with Crippen LogP contribution in [0, 0.1) is 5.41 Å². The average Bonchev–Trinajstić information content (AvgIpc) is 3.44. The molecule has 34 heavy (non-hydrogen) atoms. The Morgan fingerprint density at radius 3 is 2.47 bits per heavy atom. The first-order valence-corrected chi connectivity index (χ1v) is 11.6. The first-order chi connectivity index (χ1) is 16.2. The lowest BCUT2D eigenvalue weighted by Gasteiger charge is -2.33. The predicted octanol–water partition coefficient (Wildman–Crippen LogP) is 4.14. The van der Waals surface area contributed by atoms with Crippen molar-refractivity contribution in [3.8, 4) is 11.3 Å². The molecule has 0 atom stereocenters. The van der Waals surface area contributed by atoms with Crippen LogP contribution in [0.15, 0.2) is 47.0 Å². The second-order valence-electron chi connectivity index (χ2n) is 9.63. The van der Waals surface area contributed by atoms with E-state index in [9.17, 15) is 4.79 Å². The number of anilines is 1. The van der Waals surface area contributed by atoms with E-state index in [0.717, 1.165) is 17.8 Å². The SMILES string of the molecule is CC(C)(C)Cn1ncc(-c2ccc(C(=O)N3CCN(c4nc5nc(Cl)ccc5o4)CC3)cc2)n1. The molecule has 1 amide bonds. The molecule has 176 valence electrons. The Morgan fingerprint density at radius 1 is 1.03 bits per heavy atom. The molecule has 1 fully saturated rings. The molecule has 1 aromatic carbocycles. The monoisotopic (exact) mass is 479 g/mol. The number of amides is 1. The highest BCUT2D eigenvalue weighted by atomic mass is 35.5. The van der Waals surface area contributed by atoms with Crippen molar-refractivity contribution >= 4 is 34.8 Å². The largest absolute Gasteiger partial charge is 0.422 e. The van der Waals surface area contributed by atoms with Crippen LogP contribution in [0.3, 0.4) is 0 Å². The molecule has 0 saturated carbocycles. The van der Waals surface area contributed by atoms with Gasteiger partial charge in [-0.3, -0.25) is 4.79 Å². The molecule has 0 unspecified atom stereocenters. The molecular formula is C24H26ClN7O2. The summed E-state index contributed by atoms with van der Waals surface area (Å²) < 4.78 is 5.80. The second-order valence-corrected chi connectivity index (χ2v) is 10.0. The van der Waals surface area contributed by atoms with Crippen LogP contribution >= 0.6 is 11.6 Å². The van der Waals surface area contributed by atoms with E-state index in [1.54, 1.807) is 23.1 Å². The molecule has 5 rings (SSSR count). The zero-order valence-corrected chi connectivity index (χ0v) is 20.2.